The summed E-state index contributed by atoms with van der Waals surface area (Å²) in [5.41, 5.74) is 2.90. The van der Waals surface area contributed by atoms with E-state index in [1.54, 1.807) is 0 Å². The van der Waals surface area contributed by atoms with Gasteiger partial charge in [0.15, 0.2) is 5.78 Å². The number of carbonyl (C=O) groups is 1. The van der Waals surface area contributed by atoms with Crippen LogP contribution in [-0.2, 0) is 6.42 Å². The maximum absolute atomic E-state index is 11.9. The van der Waals surface area contributed by atoms with Crippen molar-refractivity contribution in [2.24, 2.45) is 0 Å². The van der Waals surface area contributed by atoms with E-state index in [0.29, 0.717) is 6.42 Å². The first-order valence-electron chi connectivity index (χ1n) is 5.89. The second kappa shape index (κ2) is 5.00. The van der Waals surface area contributed by atoms with E-state index in [2.05, 4.69) is 18.0 Å². The van der Waals surface area contributed by atoms with E-state index in [1.807, 2.05) is 18.7 Å². The van der Waals surface area contributed by atoms with E-state index in [1.165, 1.54) is 10.5 Å². The smallest absolute Gasteiger partial charge is 0.181 e. The molecule has 0 atom stereocenters. The van der Waals surface area contributed by atoms with Gasteiger partial charge in [0.2, 0.25) is 0 Å². The van der Waals surface area contributed by atoms with Crippen LogP contribution >= 0.6 is 11.8 Å². The SMILES string of the molecule is CCSc1cc(C)nc2c1CCCCC2=O. The normalized spacial score (nSPS) is 15.8. The Balaban J connectivity index is 2.51. The van der Waals surface area contributed by atoms with Crippen LogP contribution in [0.25, 0.3) is 0 Å². The number of Topliss-reactive ketones (excluding diaryl/α,β-unsaturated/α-hetero) is 1. The van der Waals surface area contributed by atoms with Crippen molar-refractivity contribution in [3.63, 3.8) is 0 Å². The van der Waals surface area contributed by atoms with Gasteiger partial charge in [0, 0.05) is 17.0 Å². The van der Waals surface area contributed by atoms with Gasteiger partial charge in [-0.15, -0.1) is 11.8 Å². The van der Waals surface area contributed by atoms with Crippen molar-refractivity contribution in [1.29, 1.82) is 0 Å². The van der Waals surface area contributed by atoms with Crippen molar-refractivity contribution >= 4 is 17.5 Å². The maximum atomic E-state index is 11.9. The number of hydrogen-bond donors (Lipinski definition) is 0. The van der Waals surface area contributed by atoms with E-state index in [0.717, 1.165) is 36.4 Å². The Morgan fingerprint density at radius 3 is 2.88 bits per heavy atom. The van der Waals surface area contributed by atoms with Crippen LogP contribution in [0.2, 0.25) is 0 Å². The third-order valence-electron chi connectivity index (χ3n) is 2.86. The van der Waals surface area contributed by atoms with Crippen molar-refractivity contribution < 1.29 is 4.79 Å². The summed E-state index contributed by atoms with van der Waals surface area (Å²) < 4.78 is 0. The van der Waals surface area contributed by atoms with Gasteiger partial charge in [-0.2, -0.15) is 0 Å². The van der Waals surface area contributed by atoms with Gasteiger partial charge in [-0.1, -0.05) is 6.92 Å². The molecule has 0 saturated heterocycles. The summed E-state index contributed by atoms with van der Waals surface area (Å²) in [7, 11) is 0. The highest BCUT2D eigenvalue weighted by Gasteiger charge is 2.20. The summed E-state index contributed by atoms with van der Waals surface area (Å²) in [5, 5.41) is 0. The molecule has 1 aromatic heterocycles. The zero-order chi connectivity index (χ0) is 11.5. The highest BCUT2D eigenvalue weighted by molar-refractivity contribution is 7.99. The zero-order valence-corrected chi connectivity index (χ0v) is 10.7. The fraction of sp³-hybridized carbons (Fsp3) is 0.538. The molecule has 0 amide bonds. The molecule has 0 bridgehead atoms. The third-order valence-corrected chi connectivity index (χ3v) is 3.82. The Hall–Kier alpha value is -0.830. The van der Waals surface area contributed by atoms with E-state index in [4.69, 9.17) is 0 Å². The van der Waals surface area contributed by atoms with Gasteiger partial charge in [-0.3, -0.25) is 4.79 Å². The van der Waals surface area contributed by atoms with Crippen LogP contribution in [-0.4, -0.2) is 16.5 Å². The number of hydrogen-bond acceptors (Lipinski definition) is 3. The highest BCUT2D eigenvalue weighted by Crippen LogP contribution is 2.29. The molecule has 0 unspecified atom stereocenters. The lowest BCUT2D eigenvalue weighted by molar-refractivity contribution is 0.0977. The lowest BCUT2D eigenvalue weighted by Gasteiger charge is -2.11. The number of rotatable bonds is 2. The number of carbonyl (C=O) groups excluding carboxylic acids is 1. The largest absolute Gasteiger partial charge is 0.292 e. The van der Waals surface area contributed by atoms with Gasteiger partial charge in [0.25, 0.3) is 0 Å². The minimum atomic E-state index is 0.231. The molecule has 0 aromatic carbocycles. The summed E-state index contributed by atoms with van der Waals surface area (Å²) in [6, 6.07) is 2.12. The second-order valence-electron chi connectivity index (χ2n) is 4.15. The Morgan fingerprint density at radius 1 is 1.38 bits per heavy atom. The molecule has 16 heavy (non-hydrogen) atoms. The van der Waals surface area contributed by atoms with Crippen molar-refractivity contribution in [1.82, 2.24) is 4.98 Å². The standard InChI is InChI=1S/C13H17NOS/c1-3-16-12-8-9(2)14-13-10(12)6-4-5-7-11(13)15/h8H,3-7H2,1-2H3. The Bertz CT molecular complexity index is 415. The topological polar surface area (TPSA) is 30.0 Å². The first-order valence-corrected chi connectivity index (χ1v) is 6.87. The third kappa shape index (κ3) is 2.29. The molecular formula is C13H17NOS. The van der Waals surface area contributed by atoms with Crippen LogP contribution in [0.4, 0.5) is 0 Å². The Kier molecular flexibility index (Phi) is 3.64. The predicted octanol–water partition coefficient (Wildman–Crippen LogP) is 3.41. The zero-order valence-electron chi connectivity index (χ0n) is 9.88. The number of ketones is 1. The average molecular weight is 235 g/mol. The van der Waals surface area contributed by atoms with Crippen LogP contribution in [0.15, 0.2) is 11.0 Å². The fourth-order valence-corrected chi connectivity index (χ4v) is 3.07. The van der Waals surface area contributed by atoms with Crippen LogP contribution in [0.1, 0.15) is 47.9 Å². The van der Waals surface area contributed by atoms with Gasteiger partial charge in [0.1, 0.15) is 5.69 Å². The minimum Gasteiger partial charge on any atom is -0.292 e. The quantitative estimate of drug-likeness (QED) is 0.581. The van der Waals surface area contributed by atoms with Crippen LogP contribution in [0.3, 0.4) is 0 Å². The van der Waals surface area contributed by atoms with E-state index >= 15 is 0 Å². The number of fused-ring (bicyclic) bond motifs is 1. The van der Waals surface area contributed by atoms with Crippen LogP contribution in [0.5, 0.6) is 0 Å². The van der Waals surface area contributed by atoms with Gasteiger partial charge in [-0.25, -0.2) is 4.98 Å². The summed E-state index contributed by atoms with van der Waals surface area (Å²) >= 11 is 1.82. The molecule has 3 heteroatoms. The highest BCUT2D eigenvalue weighted by atomic mass is 32.2. The summed E-state index contributed by atoms with van der Waals surface area (Å²) in [6.07, 6.45) is 3.79. The number of aromatic nitrogens is 1. The first kappa shape index (κ1) is 11.6. The summed E-state index contributed by atoms with van der Waals surface area (Å²) in [4.78, 5) is 17.6. The average Bonchev–Trinajstić information content (AvgIpc) is 2.42. The second-order valence-corrected chi connectivity index (χ2v) is 5.46. The maximum Gasteiger partial charge on any atom is 0.181 e. The molecule has 0 aliphatic heterocycles. The molecule has 0 radical (unpaired) electrons. The van der Waals surface area contributed by atoms with Crippen LogP contribution < -0.4 is 0 Å². The molecule has 86 valence electrons. The van der Waals surface area contributed by atoms with E-state index in [9.17, 15) is 4.79 Å². The number of pyridine rings is 1. The molecule has 1 aliphatic carbocycles. The van der Waals surface area contributed by atoms with Crippen molar-refractivity contribution in [2.45, 2.75) is 44.4 Å². The fourth-order valence-electron chi connectivity index (χ4n) is 2.13. The van der Waals surface area contributed by atoms with Gasteiger partial charge < -0.3 is 0 Å². The molecule has 0 fully saturated rings. The molecule has 1 heterocycles. The van der Waals surface area contributed by atoms with Crippen molar-refractivity contribution in [2.75, 3.05) is 5.75 Å². The lowest BCUT2D eigenvalue weighted by atomic mass is 10.1. The Morgan fingerprint density at radius 2 is 2.12 bits per heavy atom. The number of nitrogens with zero attached hydrogens (tertiary/aromatic N) is 1. The molecule has 0 N–H and O–H groups in total. The van der Waals surface area contributed by atoms with E-state index < -0.39 is 0 Å². The van der Waals surface area contributed by atoms with Crippen molar-refractivity contribution in [3.8, 4) is 0 Å². The summed E-state index contributed by atoms with van der Waals surface area (Å²) in [5.74, 6) is 1.28. The van der Waals surface area contributed by atoms with Crippen molar-refractivity contribution in [3.05, 3.63) is 23.0 Å². The minimum absolute atomic E-state index is 0.231. The number of thioether (sulfide) groups is 1. The molecule has 2 nitrogen and oxygen atoms in total. The van der Waals surface area contributed by atoms with Crippen LogP contribution in [0, 0.1) is 6.92 Å². The molecule has 0 saturated carbocycles. The van der Waals surface area contributed by atoms with Gasteiger partial charge in [0.05, 0.1) is 0 Å². The lowest BCUT2D eigenvalue weighted by Crippen LogP contribution is -2.06. The van der Waals surface area contributed by atoms with E-state index in [-0.39, 0.29) is 5.78 Å². The predicted molar refractivity (Wildman–Crippen MR) is 67.3 cm³/mol. The molecule has 1 aromatic rings. The molecule has 1 aliphatic rings. The molecule has 2 rings (SSSR count). The molecule has 0 spiro atoms. The van der Waals surface area contributed by atoms with Gasteiger partial charge in [-0.05, 0) is 43.6 Å². The summed E-state index contributed by atoms with van der Waals surface area (Å²) in [6.45, 7) is 4.11. The van der Waals surface area contributed by atoms with Gasteiger partial charge >= 0.3 is 0 Å². The molecular weight excluding hydrogens is 218 g/mol. The first-order chi connectivity index (χ1) is 7.72. The monoisotopic (exact) mass is 235 g/mol. The Labute approximate surface area is 101 Å². The number of aryl methyl sites for hydroxylation is 1.